The van der Waals surface area contributed by atoms with Crippen molar-refractivity contribution < 1.29 is 19.1 Å². The SMILES string of the molecule is CNC(=O)[C@@H]1C[C@H](N2CCc3c(ncnc3OCCC3CC3)C2)CN1C(=O)c1ccc(CN)c(OC)c1. The lowest BCUT2D eigenvalue weighted by Crippen LogP contribution is -2.45. The molecule has 1 aromatic carbocycles. The van der Waals surface area contributed by atoms with Crippen LogP contribution in [0.15, 0.2) is 24.5 Å². The van der Waals surface area contributed by atoms with E-state index in [9.17, 15) is 9.59 Å². The molecule has 2 aliphatic heterocycles. The fourth-order valence-corrected chi connectivity index (χ4v) is 5.44. The van der Waals surface area contributed by atoms with Gasteiger partial charge in [-0.25, -0.2) is 9.97 Å². The Morgan fingerprint density at radius 3 is 2.81 bits per heavy atom. The van der Waals surface area contributed by atoms with Gasteiger partial charge in [0.1, 0.15) is 18.1 Å². The summed E-state index contributed by atoms with van der Waals surface area (Å²) in [5, 5.41) is 2.73. The van der Waals surface area contributed by atoms with Gasteiger partial charge in [0.05, 0.1) is 19.4 Å². The Labute approximate surface area is 217 Å². The van der Waals surface area contributed by atoms with Gasteiger partial charge in [-0.3, -0.25) is 14.5 Å². The number of aromatic nitrogens is 2. The molecule has 198 valence electrons. The number of hydrogen-bond acceptors (Lipinski definition) is 8. The Kier molecular flexibility index (Phi) is 7.57. The highest BCUT2D eigenvalue weighted by molar-refractivity contribution is 5.98. The molecule has 10 heteroatoms. The van der Waals surface area contributed by atoms with Crippen molar-refractivity contribution in [1.29, 1.82) is 0 Å². The van der Waals surface area contributed by atoms with Gasteiger partial charge in [-0.15, -0.1) is 0 Å². The zero-order valence-electron chi connectivity index (χ0n) is 21.6. The number of nitrogens with two attached hydrogens (primary N) is 1. The Hall–Kier alpha value is -3.24. The van der Waals surface area contributed by atoms with Gasteiger partial charge in [-0.1, -0.05) is 18.9 Å². The number of carbonyl (C=O) groups excluding carboxylic acids is 2. The summed E-state index contributed by atoms with van der Waals surface area (Å²) >= 11 is 0. The second-order valence-corrected chi connectivity index (χ2v) is 10.1. The lowest BCUT2D eigenvalue weighted by Gasteiger charge is -2.33. The van der Waals surface area contributed by atoms with E-state index in [-0.39, 0.29) is 17.9 Å². The van der Waals surface area contributed by atoms with Crippen LogP contribution < -0.4 is 20.5 Å². The first-order valence-corrected chi connectivity index (χ1v) is 13.1. The summed E-state index contributed by atoms with van der Waals surface area (Å²) in [6.07, 6.45) is 6.62. The predicted octanol–water partition coefficient (Wildman–Crippen LogP) is 1.51. The van der Waals surface area contributed by atoms with E-state index in [0.717, 1.165) is 42.1 Å². The van der Waals surface area contributed by atoms with Crippen molar-refractivity contribution in [2.24, 2.45) is 11.7 Å². The number of ether oxygens (including phenoxy) is 2. The maximum absolute atomic E-state index is 13.6. The van der Waals surface area contributed by atoms with E-state index in [4.69, 9.17) is 15.2 Å². The molecule has 0 spiro atoms. The van der Waals surface area contributed by atoms with Gasteiger partial charge in [-0.05, 0) is 37.3 Å². The van der Waals surface area contributed by atoms with E-state index in [0.29, 0.717) is 49.9 Å². The van der Waals surface area contributed by atoms with Crippen LogP contribution >= 0.6 is 0 Å². The molecule has 1 aliphatic carbocycles. The first-order valence-electron chi connectivity index (χ1n) is 13.1. The fourth-order valence-electron chi connectivity index (χ4n) is 5.44. The third kappa shape index (κ3) is 5.40. The minimum absolute atomic E-state index is 0.0406. The topological polar surface area (TPSA) is 123 Å². The minimum atomic E-state index is -0.546. The van der Waals surface area contributed by atoms with Crippen molar-refractivity contribution in [1.82, 2.24) is 25.1 Å². The van der Waals surface area contributed by atoms with Crippen LogP contribution in [0.1, 0.15) is 52.9 Å². The molecule has 0 radical (unpaired) electrons. The summed E-state index contributed by atoms with van der Waals surface area (Å²) in [6.45, 7) is 2.91. The third-order valence-corrected chi connectivity index (χ3v) is 7.82. The average Bonchev–Trinajstić information content (AvgIpc) is 3.66. The smallest absolute Gasteiger partial charge is 0.254 e. The van der Waals surface area contributed by atoms with Gasteiger partial charge in [0, 0.05) is 56.0 Å². The number of methoxy groups -OCH3 is 1. The number of carbonyl (C=O) groups is 2. The van der Waals surface area contributed by atoms with Crippen molar-refractivity contribution in [3.63, 3.8) is 0 Å². The number of rotatable bonds is 9. The van der Waals surface area contributed by atoms with E-state index >= 15 is 0 Å². The molecule has 3 N–H and O–H groups in total. The van der Waals surface area contributed by atoms with Gasteiger partial charge in [0.25, 0.3) is 5.91 Å². The number of nitrogens with zero attached hydrogens (tertiary/aromatic N) is 4. The zero-order valence-corrected chi connectivity index (χ0v) is 21.6. The maximum Gasteiger partial charge on any atom is 0.254 e. The van der Waals surface area contributed by atoms with Gasteiger partial charge >= 0.3 is 0 Å². The third-order valence-electron chi connectivity index (χ3n) is 7.82. The lowest BCUT2D eigenvalue weighted by atomic mass is 10.0. The number of likely N-dealkylation sites (tertiary alicyclic amines) is 1. The second kappa shape index (κ2) is 11.0. The Morgan fingerprint density at radius 2 is 2.08 bits per heavy atom. The summed E-state index contributed by atoms with van der Waals surface area (Å²) in [7, 11) is 3.17. The Balaban J connectivity index is 1.30. The molecule has 2 fully saturated rings. The first-order chi connectivity index (χ1) is 18.0. The number of nitrogens with one attached hydrogen (secondary N) is 1. The quantitative estimate of drug-likeness (QED) is 0.523. The number of amides is 2. The largest absolute Gasteiger partial charge is 0.496 e. The molecule has 5 rings (SSSR count). The van der Waals surface area contributed by atoms with Crippen LogP contribution in [0.4, 0.5) is 0 Å². The zero-order chi connectivity index (χ0) is 25.9. The first kappa shape index (κ1) is 25.4. The molecule has 1 aromatic heterocycles. The summed E-state index contributed by atoms with van der Waals surface area (Å²) in [6, 6.07) is 4.76. The van der Waals surface area contributed by atoms with Crippen molar-refractivity contribution in [3.8, 4) is 11.6 Å². The average molecular weight is 509 g/mol. The van der Waals surface area contributed by atoms with E-state index in [2.05, 4.69) is 20.2 Å². The standard InChI is InChI=1S/C27H36N6O4/c1-29-25(34)23-12-20(14-33(23)27(35)18-5-6-19(13-28)24(11-18)36-2)32-9-7-21-22(15-32)30-16-31-26(21)37-10-8-17-3-4-17/h5-6,11,16-17,20,23H,3-4,7-10,12-15,28H2,1-2H3,(H,29,34)/t20-,23-/m0/s1. The highest BCUT2D eigenvalue weighted by Gasteiger charge is 2.42. The molecular formula is C27H36N6O4. The number of benzene rings is 1. The molecule has 37 heavy (non-hydrogen) atoms. The van der Waals surface area contributed by atoms with Crippen molar-refractivity contribution in [2.75, 3.05) is 33.9 Å². The molecule has 2 aromatic rings. The van der Waals surface area contributed by atoms with Crippen LogP contribution in [-0.2, 0) is 24.3 Å². The van der Waals surface area contributed by atoms with Crippen LogP contribution in [0.5, 0.6) is 11.6 Å². The molecule has 1 saturated heterocycles. The van der Waals surface area contributed by atoms with Gasteiger partial charge < -0.3 is 25.4 Å². The van der Waals surface area contributed by atoms with Crippen molar-refractivity contribution in [3.05, 3.63) is 46.9 Å². The van der Waals surface area contributed by atoms with Crippen LogP contribution in [0.25, 0.3) is 0 Å². The normalized spacial score (nSPS) is 21.4. The van der Waals surface area contributed by atoms with Crippen LogP contribution in [-0.4, -0.2) is 77.5 Å². The van der Waals surface area contributed by atoms with E-state index in [1.807, 2.05) is 0 Å². The maximum atomic E-state index is 13.6. The number of fused-ring (bicyclic) bond motifs is 1. The highest BCUT2D eigenvalue weighted by atomic mass is 16.5. The van der Waals surface area contributed by atoms with Gasteiger partial charge in [-0.2, -0.15) is 0 Å². The number of likely N-dealkylation sites (N-methyl/N-ethyl adjacent to an activating group) is 1. The minimum Gasteiger partial charge on any atom is -0.496 e. The molecule has 1 saturated carbocycles. The predicted molar refractivity (Wildman–Crippen MR) is 137 cm³/mol. The fraction of sp³-hybridized carbons (Fsp3) is 0.556. The molecule has 2 amide bonds. The van der Waals surface area contributed by atoms with E-state index < -0.39 is 6.04 Å². The highest BCUT2D eigenvalue weighted by Crippen LogP contribution is 2.34. The summed E-state index contributed by atoms with van der Waals surface area (Å²) in [4.78, 5) is 39.3. The van der Waals surface area contributed by atoms with Crippen LogP contribution in [0.2, 0.25) is 0 Å². The molecule has 2 atom stereocenters. The summed E-state index contributed by atoms with van der Waals surface area (Å²) in [5.74, 6) is 1.74. The lowest BCUT2D eigenvalue weighted by molar-refractivity contribution is -0.124. The van der Waals surface area contributed by atoms with Gasteiger partial charge in [0.15, 0.2) is 0 Å². The van der Waals surface area contributed by atoms with Crippen molar-refractivity contribution in [2.45, 2.75) is 57.3 Å². The molecule has 0 unspecified atom stereocenters. The van der Waals surface area contributed by atoms with Crippen molar-refractivity contribution >= 4 is 11.8 Å². The summed E-state index contributed by atoms with van der Waals surface area (Å²) < 4.78 is 11.4. The second-order valence-electron chi connectivity index (χ2n) is 10.1. The molecular weight excluding hydrogens is 472 g/mol. The molecule has 0 bridgehead atoms. The van der Waals surface area contributed by atoms with E-state index in [1.165, 1.54) is 12.8 Å². The molecule has 3 heterocycles. The van der Waals surface area contributed by atoms with E-state index in [1.54, 1.807) is 43.6 Å². The molecule has 3 aliphatic rings. The molecule has 10 nitrogen and oxygen atoms in total. The van der Waals surface area contributed by atoms with Crippen LogP contribution in [0, 0.1) is 5.92 Å². The monoisotopic (exact) mass is 508 g/mol. The van der Waals surface area contributed by atoms with Gasteiger partial charge in [0.2, 0.25) is 11.8 Å². The Morgan fingerprint density at radius 1 is 1.24 bits per heavy atom. The number of hydrogen-bond donors (Lipinski definition) is 2. The van der Waals surface area contributed by atoms with Crippen LogP contribution in [0.3, 0.4) is 0 Å². The Bertz CT molecular complexity index is 1150. The summed E-state index contributed by atoms with van der Waals surface area (Å²) in [5.41, 5.74) is 9.13.